The first-order valence-corrected chi connectivity index (χ1v) is 14.3. The lowest BCUT2D eigenvalue weighted by molar-refractivity contribution is -0.127. The van der Waals surface area contributed by atoms with Gasteiger partial charge in [-0.2, -0.15) is 10.4 Å². The van der Waals surface area contributed by atoms with E-state index in [0.29, 0.717) is 36.2 Å². The molecular formula is C32H30N10O. The molecule has 7 rings (SSSR count). The zero-order valence-electron chi connectivity index (χ0n) is 23.5. The van der Waals surface area contributed by atoms with E-state index in [9.17, 15) is 10.1 Å². The number of nitriles is 1. The van der Waals surface area contributed by atoms with E-state index in [2.05, 4.69) is 46.2 Å². The monoisotopic (exact) mass is 570 g/mol. The van der Waals surface area contributed by atoms with E-state index in [1.165, 1.54) is 17.2 Å². The van der Waals surface area contributed by atoms with E-state index in [4.69, 9.17) is 15.7 Å². The van der Waals surface area contributed by atoms with Gasteiger partial charge in [0.2, 0.25) is 5.91 Å². The zero-order valence-corrected chi connectivity index (χ0v) is 23.5. The van der Waals surface area contributed by atoms with Crippen molar-refractivity contribution in [2.45, 2.75) is 31.3 Å². The maximum absolute atomic E-state index is 12.1. The first-order valence-electron chi connectivity index (χ1n) is 14.3. The number of piperidine rings is 1. The van der Waals surface area contributed by atoms with Crippen molar-refractivity contribution in [3.63, 3.8) is 0 Å². The summed E-state index contributed by atoms with van der Waals surface area (Å²) in [6, 6.07) is 18.5. The third kappa shape index (κ3) is 4.71. The second-order valence-electron chi connectivity index (χ2n) is 10.9. The highest BCUT2D eigenvalue weighted by Gasteiger charge is 2.34. The Labute approximate surface area is 248 Å². The Balaban J connectivity index is 1.24. The quantitative estimate of drug-likeness (QED) is 0.294. The molecule has 11 nitrogen and oxygen atoms in total. The van der Waals surface area contributed by atoms with E-state index in [1.54, 1.807) is 22.0 Å². The number of aryl methyl sites for hydroxylation is 1. The minimum absolute atomic E-state index is 0.0113. The van der Waals surface area contributed by atoms with Crippen LogP contribution in [0.2, 0.25) is 0 Å². The van der Waals surface area contributed by atoms with Crippen molar-refractivity contribution in [3.8, 4) is 29.0 Å². The number of aromatic nitrogens is 6. The van der Waals surface area contributed by atoms with Crippen molar-refractivity contribution in [2.24, 2.45) is 5.92 Å². The Kier molecular flexibility index (Phi) is 6.68. The summed E-state index contributed by atoms with van der Waals surface area (Å²) in [6.07, 6.45) is 9.11. The summed E-state index contributed by atoms with van der Waals surface area (Å²) in [6.45, 7) is 4.61. The lowest BCUT2D eigenvalue weighted by Crippen LogP contribution is -2.50. The summed E-state index contributed by atoms with van der Waals surface area (Å²) in [5.41, 5.74) is 11.9. The molecule has 214 valence electrons. The zero-order chi connectivity index (χ0) is 29.5. The Morgan fingerprint density at radius 2 is 2.05 bits per heavy atom. The van der Waals surface area contributed by atoms with E-state index in [1.807, 2.05) is 41.1 Å². The van der Waals surface area contributed by atoms with Crippen LogP contribution in [0.5, 0.6) is 0 Å². The van der Waals surface area contributed by atoms with Gasteiger partial charge >= 0.3 is 0 Å². The summed E-state index contributed by atoms with van der Waals surface area (Å²) in [7, 11) is 0. The Morgan fingerprint density at radius 3 is 2.84 bits per heavy atom. The smallest absolute Gasteiger partial charge is 0.245 e. The molecule has 0 radical (unpaired) electrons. The molecule has 43 heavy (non-hydrogen) atoms. The van der Waals surface area contributed by atoms with E-state index in [-0.39, 0.29) is 23.9 Å². The van der Waals surface area contributed by atoms with Gasteiger partial charge in [-0.25, -0.2) is 19.6 Å². The maximum Gasteiger partial charge on any atom is 0.245 e. The fraction of sp³-hybridized carbons (Fsp3) is 0.250. The van der Waals surface area contributed by atoms with Crippen molar-refractivity contribution in [1.82, 2.24) is 39.5 Å². The summed E-state index contributed by atoms with van der Waals surface area (Å²) in [5, 5.41) is 18.0. The number of carbonyl (C=O) groups is 1. The van der Waals surface area contributed by atoms with Crippen LogP contribution in [-0.4, -0.2) is 59.2 Å². The minimum atomic E-state index is -0.277. The van der Waals surface area contributed by atoms with Crippen molar-refractivity contribution in [1.29, 1.82) is 5.26 Å². The molecule has 4 aromatic heterocycles. The van der Waals surface area contributed by atoms with Crippen LogP contribution in [0, 0.1) is 17.2 Å². The number of pyridine rings is 2. The third-order valence-corrected chi connectivity index (χ3v) is 8.45. The number of likely N-dealkylation sites (tertiary alicyclic amines) is 1. The second kappa shape index (κ2) is 10.8. The number of rotatable bonds is 6. The molecule has 1 fully saturated rings. The number of amides is 1. The molecule has 1 aliphatic carbocycles. The molecule has 0 bridgehead atoms. The lowest BCUT2D eigenvalue weighted by atomic mass is 9.92. The summed E-state index contributed by atoms with van der Waals surface area (Å²) in [5.74, 6) is 1.34. The Morgan fingerprint density at radius 1 is 1.14 bits per heavy atom. The molecule has 3 atom stereocenters. The minimum Gasteiger partial charge on any atom is -0.383 e. The number of imidazole rings is 1. The average molecular weight is 571 g/mol. The summed E-state index contributed by atoms with van der Waals surface area (Å²) >= 11 is 0. The first kappa shape index (κ1) is 26.6. The molecule has 5 heterocycles. The Bertz CT molecular complexity index is 1890. The molecule has 1 saturated heterocycles. The molecule has 3 N–H and O–H groups in total. The molecule has 3 unspecified atom stereocenters. The van der Waals surface area contributed by atoms with E-state index < -0.39 is 0 Å². The number of fused-ring (bicyclic) bond motifs is 2. The SMILES string of the molecule is C=CC(=O)N1CCC(NC2CCc3cc(-n4c(-c5cccnc5N)nc5ccc(-n6cccn6)nc54)ccc32)C(C#N)C1. The highest BCUT2D eigenvalue weighted by atomic mass is 16.2. The molecule has 1 amide bonds. The molecule has 1 aromatic carbocycles. The normalized spacial score (nSPS) is 19.7. The fourth-order valence-corrected chi connectivity index (χ4v) is 6.30. The van der Waals surface area contributed by atoms with Gasteiger partial charge in [-0.05, 0) is 78.9 Å². The summed E-state index contributed by atoms with van der Waals surface area (Å²) < 4.78 is 3.76. The van der Waals surface area contributed by atoms with Gasteiger partial charge in [0.25, 0.3) is 0 Å². The molecule has 0 saturated carbocycles. The van der Waals surface area contributed by atoms with Gasteiger partial charge < -0.3 is 16.0 Å². The number of nitrogens with one attached hydrogen (secondary N) is 1. The fourth-order valence-electron chi connectivity index (χ4n) is 6.30. The van der Waals surface area contributed by atoms with E-state index in [0.717, 1.165) is 36.0 Å². The molecule has 2 aliphatic rings. The van der Waals surface area contributed by atoms with Crippen molar-refractivity contribution >= 4 is 22.9 Å². The number of nitrogen functional groups attached to an aromatic ring is 1. The van der Waals surface area contributed by atoms with Gasteiger partial charge in [0, 0.05) is 49.5 Å². The van der Waals surface area contributed by atoms with Crippen LogP contribution in [0.25, 0.3) is 34.1 Å². The maximum atomic E-state index is 12.1. The molecule has 5 aromatic rings. The number of nitrogens with zero attached hydrogens (tertiary/aromatic N) is 8. The molecule has 1 aliphatic heterocycles. The predicted octanol–water partition coefficient (Wildman–Crippen LogP) is 3.75. The number of benzene rings is 1. The topological polar surface area (TPSA) is 144 Å². The first-order chi connectivity index (χ1) is 21.0. The molecule has 11 heteroatoms. The Hall–Kier alpha value is -5.34. The standard InChI is InChI=1S/C32H30N10O/c1-2-29(43)40-16-12-25(21(18-33)19-40)37-26-9-6-20-17-22(7-8-23(20)26)42-31(24-5-3-13-35-30(24)34)38-27-10-11-28(39-32(27)42)41-15-4-14-36-41/h2-5,7-8,10-11,13-15,17,21,25-26,37H,1,6,9,12,16,19H2,(H2,34,35). The number of nitrogens with two attached hydrogens (primary N) is 1. The third-order valence-electron chi connectivity index (χ3n) is 8.45. The average Bonchev–Trinajstić information content (AvgIpc) is 3.80. The van der Waals surface area contributed by atoms with Crippen molar-refractivity contribution in [2.75, 3.05) is 18.8 Å². The van der Waals surface area contributed by atoms with Crippen molar-refractivity contribution < 1.29 is 4.79 Å². The molecular weight excluding hydrogens is 540 g/mol. The lowest BCUT2D eigenvalue weighted by Gasteiger charge is -2.37. The highest BCUT2D eigenvalue weighted by molar-refractivity contribution is 5.87. The second-order valence-corrected chi connectivity index (χ2v) is 10.9. The summed E-state index contributed by atoms with van der Waals surface area (Å²) in [4.78, 5) is 28.0. The number of hydrogen-bond donors (Lipinski definition) is 2. The largest absolute Gasteiger partial charge is 0.383 e. The van der Waals surface area contributed by atoms with Crippen LogP contribution in [-0.2, 0) is 11.2 Å². The number of hydrogen-bond acceptors (Lipinski definition) is 8. The van der Waals surface area contributed by atoms with Crippen molar-refractivity contribution in [3.05, 3.63) is 90.9 Å². The van der Waals surface area contributed by atoms with Crippen LogP contribution < -0.4 is 11.1 Å². The predicted molar refractivity (Wildman–Crippen MR) is 162 cm³/mol. The highest BCUT2D eigenvalue weighted by Crippen LogP contribution is 2.37. The van der Waals surface area contributed by atoms with Crippen LogP contribution in [0.1, 0.15) is 30.0 Å². The van der Waals surface area contributed by atoms with Gasteiger partial charge in [0.05, 0.1) is 17.6 Å². The van der Waals surface area contributed by atoms with Crippen LogP contribution in [0.3, 0.4) is 0 Å². The number of anilines is 1. The van der Waals surface area contributed by atoms with Gasteiger partial charge in [-0.15, -0.1) is 0 Å². The van der Waals surface area contributed by atoms with Gasteiger partial charge in [-0.3, -0.25) is 9.36 Å². The van der Waals surface area contributed by atoms with Gasteiger partial charge in [0.1, 0.15) is 11.3 Å². The van der Waals surface area contributed by atoms with Gasteiger partial charge in [-0.1, -0.05) is 12.6 Å². The van der Waals surface area contributed by atoms with Crippen LogP contribution >= 0.6 is 0 Å². The number of carbonyl (C=O) groups excluding carboxylic acids is 1. The van der Waals surface area contributed by atoms with Gasteiger partial charge in [0.15, 0.2) is 17.3 Å². The van der Waals surface area contributed by atoms with Crippen LogP contribution in [0.4, 0.5) is 5.82 Å². The van der Waals surface area contributed by atoms with E-state index >= 15 is 0 Å². The van der Waals surface area contributed by atoms with Crippen LogP contribution in [0.15, 0.2) is 79.8 Å². The molecule has 0 spiro atoms.